The Labute approximate surface area is 149 Å². The molecule has 1 saturated carbocycles. The molecule has 1 heterocycles. The lowest BCUT2D eigenvalue weighted by Crippen LogP contribution is -2.37. The number of hydrogen-bond acceptors (Lipinski definition) is 4. The minimum Gasteiger partial charge on any atom is -0.444 e. The molecule has 0 amide bonds. The zero-order valence-corrected chi connectivity index (χ0v) is 16.0. The monoisotopic (exact) mass is 422 g/mol. The highest BCUT2D eigenvalue weighted by atomic mass is 127. The summed E-state index contributed by atoms with van der Waals surface area (Å²) in [5.41, 5.74) is 0.933. The average molecular weight is 422 g/mol. The van der Waals surface area contributed by atoms with Gasteiger partial charge in [-0.25, -0.2) is 4.98 Å². The van der Waals surface area contributed by atoms with E-state index in [9.17, 15) is 0 Å². The largest absolute Gasteiger partial charge is 0.444 e. The van der Waals surface area contributed by atoms with E-state index in [-0.39, 0.29) is 24.0 Å². The second kappa shape index (κ2) is 10.0. The van der Waals surface area contributed by atoms with Crippen LogP contribution in [0.2, 0.25) is 0 Å². The SMILES string of the molecule is CN=C(NCCCOCC1CC1)NCc1nc(C)c(C)o1.I. The molecule has 1 aliphatic carbocycles. The second-order valence-electron chi connectivity index (χ2n) is 5.47. The average Bonchev–Trinajstić information content (AvgIpc) is 3.23. The molecule has 126 valence electrons. The third kappa shape index (κ3) is 6.95. The summed E-state index contributed by atoms with van der Waals surface area (Å²) < 4.78 is 11.1. The number of aromatic nitrogens is 1. The van der Waals surface area contributed by atoms with Crippen molar-refractivity contribution in [3.63, 3.8) is 0 Å². The lowest BCUT2D eigenvalue weighted by atomic mass is 10.4. The molecule has 6 nitrogen and oxygen atoms in total. The van der Waals surface area contributed by atoms with Crippen molar-refractivity contribution < 1.29 is 9.15 Å². The van der Waals surface area contributed by atoms with Crippen LogP contribution in [0.3, 0.4) is 0 Å². The van der Waals surface area contributed by atoms with Gasteiger partial charge in [0.15, 0.2) is 5.96 Å². The van der Waals surface area contributed by atoms with Gasteiger partial charge in [-0.1, -0.05) is 0 Å². The normalized spacial score (nSPS) is 14.6. The Morgan fingerprint density at radius 1 is 1.36 bits per heavy atom. The van der Waals surface area contributed by atoms with Gasteiger partial charge in [0.25, 0.3) is 0 Å². The Morgan fingerprint density at radius 3 is 2.73 bits per heavy atom. The van der Waals surface area contributed by atoms with E-state index in [1.54, 1.807) is 7.05 Å². The van der Waals surface area contributed by atoms with Gasteiger partial charge in [0.1, 0.15) is 5.76 Å². The molecule has 1 fully saturated rings. The minimum atomic E-state index is 0. The summed E-state index contributed by atoms with van der Waals surface area (Å²) in [5.74, 6) is 3.13. The summed E-state index contributed by atoms with van der Waals surface area (Å²) in [7, 11) is 1.75. The third-order valence-corrected chi connectivity index (χ3v) is 3.51. The van der Waals surface area contributed by atoms with E-state index in [4.69, 9.17) is 9.15 Å². The fourth-order valence-corrected chi connectivity index (χ4v) is 1.91. The first-order chi connectivity index (χ1) is 10.2. The highest BCUT2D eigenvalue weighted by Gasteiger charge is 2.20. The summed E-state index contributed by atoms with van der Waals surface area (Å²) in [6, 6.07) is 0. The molecule has 0 atom stereocenters. The number of ether oxygens (including phenoxy) is 1. The van der Waals surface area contributed by atoms with Gasteiger partial charge in [-0.2, -0.15) is 0 Å². The van der Waals surface area contributed by atoms with Crippen molar-refractivity contribution in [1.29, 1.82) is 0 Å². The van der Waals surface area contributed by atoms with Crippen molar-refractivity contribution in [2.24, 2.45) is 10.9 Å². The van der Waals surface area contributed by atoms with E-state index in [0.717, 1.165) is 49.5 Å². The maximum absolute atomic E-state index is 5.59. The summed E-state index contributed by atoms with van der Waals surface area (Å²) in [4.78, 5) is 8.50. The molecule has 22 heavy (non-hydrogen) atoms. The van der Waals surface area contributed by atoms with Crippen LogP contribution in [0.4, 0.5) is 0 Å². The third-order valence-electron chi connectivity index (χ3n) is 3.51. The molecule has 0 aromatic carbocycles. The van der Waals surface area contributed by atoms with Crippen molar-refractivity contribution in [2.75, 3.05) is 26.8 Å². The summed E-state index contributed by atoms with van der Waals surface area (Å²) in [6.45, 7) is 6.96. The van der Waals surface area contributed by atoms with Gasteiger partial charge in [-0.15, -0.1) is 24.0 Å². The van der Waals surface area contributed by atoms with Crippen molar-refractivity contribution in [3.8, 4) is 0 Å². The van der Waals surface area contributed by atoms with E-state index in [1.807, 2.05) is 13.8 Å². The van der Waals surface area contributed by atoms with Gasteiger partial charge in [0.2, 0.25) is 5.89 Å². The van der Waals surface area contributed by atoms with Crippen LogP contribution < -0.4 is 10.6 Å². The predicted molar refractivity (Wildman–Crippen MR) is 97.8 cm³/mol. The van der Waals surface area contributed by atoms with Gasteiger partial charge < -0.3 is 19.8 Å². The number of nitrogens with one attached hydrogen (secondary N) is 2. The molecule has 2 N–H and O–H groups in total. The van der Waals surface area contributed by atoms with Gasteiger partial charge >= 0.3 is 0 Å². The summed E-state index contributed by atoms with van der Waals surface area (Å²) in [5, 5.41) is 6.44. The number of guanidine groups is 1. The Morgan fingerprint density at radius 2 is 2.14 bits per heavy atom. The predicted octanol–water partition coefficient (Wildman–Crippen LogP) is 2.39. The van der Waals surface area contributed by atoms with Crippen LogP contribution in [0, 0.1) is 19.8 Å². The topological polar surface area (TPSA) is 71.7 Å². The number of hydrogen-bond donors (Lipinski definition) is 2. The standard InChI is InChI=1S/C15H26N4O2.HI/c1-11-12(2)21-14(19-11)9-18-15(16-3)17-7-4-8-20-10-13-5-6-13;/h13H,4-10H2,1-3H3,(H2,16,17,18);1H. The van der Waals surface area contributed by atoms with Crippen molar-refractivity contribution in [1.82, 2.24) is 15.6 Å². The van der Waals surface area contributed by atoms with Crippen LogP contribution >= 0.6 is 24.0 Å². The number of aryl methyl sites for hydroxylation is 2. The van der Waals surface area contributed by atoms with Crippen LogP contribution in [0.5, 0.6) is 0 Å². The molecule has 0 bridgehead atoms. The quantitative estimate of drug-likeness (QED) is 0.291. The number of nitrogens with zero attached hydrogens (tertiary/aromatic N) is 2. The molecule has 1 aliphatic rings. The fraction of sp³-hybridized carbons (Fsp3) is 0.733. The molecule has 0 aliphatic heterocycles. The summed E-state index contributed by atoms with van der Waals surface area (Å²) in [6.07, 6.45) is 3.66. The smallest absolute Gasteiger partial charge is 0.214 e. The van der Waals surface area contributed by atoms with Gasteiger partial charge in [-0.3, -0.25) is 4.99 Å². The first kappa shape index (κ1) is 19.2. The fourth-order valence-electron chi connectivity index (χ4n) is 1.91. The minimum absolute atomic E-state index is 0. The highest BCUT2D eigenvalue weighted by Crippen LogP contribution is 2.28. The first-order valence-corrected chi connectivity index (χ1v) is 7.64. The summed E-state index contributed by atoms with van der Waals surface area (Å²) >= 11 is 0. The number of aliphatic imine (C=N–C) groups is 1. The molecule has 0 unspecified atom stereocenters. The molecular formula is C15H27IN4O2. The van der Waals surface area contributed by atoms with Gasteiger partial charge in [0, 0.05) is 26.8 Å². The Kier molecular flexibility index (Phi) is 8.77. The van der Waals surface area contributed by atoms with E-state index in [1.165, 1.54) is 12.8 Å². The first-order valence-electron chi connectivity index (χ1n) is 7.64. The lowest BCUT2D eigenvalue weighted by Gasteiger charge is -2.10. The van der Waals surface area contributed by atoms with Crippen LogP contribution in [0.25, 0.3) is 0 Å². The Hall–Kier alpha value is -0.830. The molecule has 0 radical (unpaired) electrons. The maximum atomic E-state index is 5.59. The number of oxazole rings is 1. The molecule has 0 saturated heterocycles. The van der Waals surface area contributed by atoms with Crippen LogP contribution in [-0.2, 0) is 11.3 Å². The van der Waals surface area contributed by atoms with Crippen molar-refractivity contribution >= 4 is 29.9 Å². The molecule has 1 aromatic heterocycles. The van der Waals surface area contributed by atoms with E-state index >= 15 is 0 Å². The molecule has 0 spiro atoms. The lowest BCUT2D eigenvalue weighted by molar-refractivity contribution is 0.123. The van der Waals surface area contributed by atoms with E-state index in [2.05, 4.69) is 20.6 Å². The number of rotatable bonds is 8. The van der Waals surface area contributed by atoms with E-state index in [0.29, 0.717) is 12.4 Å². The van der Waals surface area contributed by atoms with Gasteiger partial charge in [0.05, 0.1) is 12.2 Å². The van der Waals surface area contributed by atoms with Crippen LogP contribution in [0.1, 0.15) is 36.6 Å². The molecular weight excluding hydrogens is 395 g/mol. The Balaban J connectivity index is 0.00000242. The maximum Gasteiger partial charge on any atom is 0.214 e. The Bertz CT molecular complexity index is 453. The molecule has 7 heteroatoms. The highest BCUT2D eigenvalue weighted by molar-refractivity contribution is 14.0. The second-order valence-corrected chi connectivity index (χ2v) is 5.47. The molecule has 2 rings (SSSR count). The zero-order chi connectivity index (χ0) is 15.1. The van der Waals surface area contributed by atoms with E-state index < -0.39 is 0 Å². The number of halogens is 1. The van der Waals surface area contributed by atoms with Crippen LogP contribution in [0.15, 0.2) is 9.41 Å². The van der Waals surface area contributed by atoms with Gasteiger partial charge in [-0.05, 0) is 39.0 Å². The van der Waals surface area contributed by atoms with Crippen molar-refractivity contribution in [3.05, 3.63) is 17.3 Å². The van der Waals surface area contributed by atoms with Crippen molar-refractivity contribution in [2.45, 2.75) is 39.7 Å². The molecule has 1 aromatic rings. The zero-order valence-electron chi connectivity index (χ0n) is 13.6. The van der Waals surface area contributed by atoms with Crippen LogP contribution in [-0.4, -0.2) is 37.7 Å².